The molecule has 0 aliphatic carbocycles. The molecule has 0 saturated heterocycles. The minimum absolute atomic E-state index is 0. The summed E-state index contributed by atoms with van der Waals surface area (Å²) in [5, 5.41) is 19.1. The number of phenolic OH excluding ortho intramolecular Hbond substituents is 1. The summed E-state index contributed by atoms with van der Waals surface area (Å²) in [6, 6.07) is 16.9. The van der Waals surface area contributed by atoms with Gasteiger partial charge in [-0.1, -0.05) is 11.6 Å². The van der Waals surface area contributed by atoms with Crippen LogP contribution in [0.1, 0.15) is 37.4 Å². The van der Waals surface area contributed by atoms with E-state index in [1.165, 1.54) is 24.3 Å². The van der Waals surface area contributed by atoms with E-state index in [2.05, 4.69) is 6.07 Å². The zero-order chi connectivity index (χ0) is 18.8. The predicted octanol–water partition coefficient (Wildman–Crippen LogP) is 3.91. The van der Waals surface area contributed by atoms with Gasteiger partial charge in [0.15, 0.2) is 5.60 Å². The van der Waals surface area contributed by atoms with Crippen LogP contribution in [-0.4, -0.2) is 22.2 Å². The van der Waals surface area contributed by atoms with Gasteiger partial charge in [0.1, 0.15) is 11.5 Å². The van der Waals surface area contributed by atoms with E-state index in [9.17, 15) is 19.8 Å². The third kappa shape index (κ3) is 2.85. The molecule has 0 amide bonds. The fourth-order valence-corrected chi connectivity index (χ4v) is 3.74. The summed E-state index contributed by atoms with van der Waals surface area (Å²) in [5.74, 6) is -0.937. The van der Waals surface area contributed by atoms with Gasteiger partial charge in [0, 0.05) is 22.9 Å². The predicted molar refractivity (Wildman–Crippen MR) is 98.6 cm³/mol. The Morgan fingerprint density at radius 1 is 1.00 bits per heavy atom. The SMILES string of the molecule is O=C(O)c1ccc2c(c1)C(=O)OC21c2cc[c-]cc2Oc2cc(O)ccc21.[CH3-].[U+2]. The number of fused-ring (bicyclic) bond motifs is 6. The number of aromatic carboxylic acids is 1. The quantitative estimate of drug-likeness (QED) is 0.320. The molecule has 0 saturated carbocycles. The molecule has 7 heteroatoms. The van der Waals surface area contributed by atoms with E-state index in [-0.39, 0.29) is 55.4 Å². The van der Waals surface area contributed by atoms with E-state index in [0.717, 1.165) is 0 Å². The van der Waals surface area contributed by atoms with E-state index in [1.54, 1.807) is 30.3 Å². The number of carboxylic acids is 1. The van der Waals surface area contributed by atoms with Crippen molar-refractivity contribution >= 4 is 11.9 Å². The number of esters is 1. The number of ether oxygens (including phenoxy) is 2. The molecule has 2 aliphatic heterocycles. The number of carbonyl (C=O) groups is 2. The summed E-state index contributed by atoms with van der Waals surface area (Å²) in [5.41, 5.74) is 0.593. The number of benzene rings is 3. The monoisotopic (exact) mass is 612 g/mol. The molecule has 3 aromatic rings. The normalized spacial score (nSPS) is 17.6. The first kappa shape index (κ1) is 21.0. The molecular formula is C22H14O6U. The number of hydrogen-bond donors (Lipinski definition) is 2. The van der Waals surface area contributed by atoms with Gasteiger partial charge in [-0.05, 0) is 24.3 Å². The number of hydrogen-bond acceptors (Lipinski definition) is 5. The van der Waals surface area contributed by atoms with Gasteiger partial charge in [-0.25, -0.2) is 9.59 Å². The fourth-order valence-electron chi connectivity index (χ4n) is 3.74. The molecule has 0 aromatic heterocycles. The van der Waals surface area contributed by atoms with Gasteiger partial charge in [-0.3, -0.25) is 0 Å². The largest absolute Gasteiger partial charge is 2.00 e. The van der Waals surface area contributed by atoms with Crippen molar-refractivity contribution in [3.8, 4) is 17.2 Å². The molecule has 3 aromatic carbocycles. The van der Waals surface area contributed by atoms with Crippen LogP contribution in [0.3, 0.4) is 0 Å². The Kier molecular flexibility index (Phi) is 5.25. The number of phenols is 1. The van der Waals surface area contributed by atoms with Crippen LogP contribution in [0.2, 0.25) is 0 Å². The van der Waals surface area contributed by atoms with Crippen LogP contribution in [-0.2, 0) is 10.3 Å². The third-order valence-electron chi connectivity index (χ3n) is 4.88. The summed E-state index contributed by atoms with van der Waals surface area (Å²) < 4.78 is 11.8. The first-order valence-electron chi connectivity index (χ1n) is 8.14. The van der Waals surface area contributed by atoms with Crippen LogP contribution in [0.4, 0.5) is 0 Å². The molecule has 1 atom stereocenters. The minimum Gasteiger partial charge on any atom is -0.516 e. The summed E-state index contributed by atoms with van der Waals surface area (Å²) in [7, 11) is 0. The van der Waals surface area contributed by atoms with Crippen molar-refractivity contribution in [2.24, 2.45) is 0 Å². The van der Waals surface area contributed by atoms with E-state index >= 15 is 0 Å². The number of rotatable bonds is 1. The Hall–Kier alpha value is -2.75. The maximum absolute atomic E-state index is 12.7. The maximum atomic E-state index is 12.7. The Labute approximate surface area is 190 Å². The van der Waals surface area contributed by atoms with Crippen molar-refractivity contribution < 1.29 is 60.4 Å². The van der Waals surface area contributed by atoms with Gasteiger partial charge >= 0.3 is 43.1 Å². The number of carbonyl (C=O) groups excluding carboxylic acids is 1. The Balaban J connectivity index is 0.00000120. The Morgan fingerprint density at radius 2 is 1.72 bits per heavy atom. The average molecular weight is 612 g/mol. The Bertz CT molecular complexity index is 1160. The molecular weight excluding hydrogens is 598 g/mol. The van der Waals surface area contributed by atoms with Crippen LogP contribution in [0.15, 0.2) is 54.6 Å². The molecule has 0 radical (unpaired) electrons. The van der Waals surface area contributed by atoms with Gasteiger partial charge in [0.2, 0.25) is 0 Å². The summed E-state index contributed by atoms with van der Waals surface area (Å²) in [4.78, 5) is 24.0. The van der Waals surface area contributed by atoms with E-state index in [4.69, 9.17) is 9.47 Å². The molecule has 2 N–H and O–H groups in total. The molecule has 0 fully saturated rings. The third-order valence-corrected chi connectivity index (χ3v) is 4.88. The number of carboxylic acid groups (broad SMARTS) is 1. The summed E-state index contributed by atoms with van der Waals surface area (Å²) >= 11 is 0. The summed E-state index contributed by atoms with van der Waals surface area (Å²) in [6.07, 6.45) is 0. The molecule has 29 heavy (non-hydrogen) atoms. The molecule has 2 heterocycles. The standard InChI is InChI=1S/C21H11O6.CH3.U/c22-12-6-8-16-18(10-12)26-17-4-2-1-3-15(17)21(16)14-7-5-11(19(23)24)9-13(14)20(25)27-21;;/h1,3-10,22H,(H,23,24);1H3;/q2*-1;+2. The zero-order valence-corrected chi connectivity index (χ0v) is 19.4. The van der Waals surface area contributed by atoms with E-state index in [0.29, 0.717) is 28.2 Å². The van der Waals surface area contributed by atoms with Crippen molar-refractivity contribution in [3.05, 3.63) is 95.9 Å². The van der Waals surface area contributed by atoms with Crippen LogP contribution in [0.25, 0.3) is 0 Å². The van der Waals surface area contributed by atoms with Gasteiger partial charge in [0.05, 0.1) is 11.1 Å². The van der Waals surface area contributed by atoms with E-state index in [1.807, 2.05) is 0 Å². The van der Waals surface area contributed by atoms with Crippen LogP contribution < -0.4 is 4.74 Å². The molecule has 2 aliphatic rings. The second-order valence-electron chi connectivity index (χ2n) is 6.34. The van der Waals surface area contributed by atoms with Crippen molar-refractivity contribution in [3.63, 3.8) is 0 Å². The first-order chi connectivity index (χ1) is 13.0. The van der Waals surface area contributed by atoms with Crippen LogP contribution >= 0.6 is 0 Å². The topological polar surface area (TPSA) is 93.1 Å². The molecule has 1 spiro atoms. The maximum Gasteiger partial charge on any atom is 2.00 e. The molecule has 0 bridgehead atoms. The smallest absolute Gasteiger partial charge is 0.516 e. The Morgan fingerprint density at radius 3 is 2.48 bits per heavy atom. The first-order valence-corrected chi connectivity index (χ1v) is 8.14. The van der Waals surface area contributed by atoms with Gasteiger partial charge in [0.25, 0.3) is 0 Å². The second-order valence-corrected chi connectivity index (χ2v) is 6.34. The molecule has 142 valence electrons. The van der Waals surface area contributed by atoms with Crippen molar-refractivity contribution in [1.29, 1.82) is 0 Å². The number of aromatic hydroxyl groups is 1. The van der Waals surface area contributed by atoms with Gasteiger partial charge in [-0.15, -0.1) is 6.07 Å². The van der Waals surface area contributed by atoms with Gasteiger partial charge < -0.3 is 27.1 Å². The zero-order valence-electron chi connectivity index (χ0n) is 15.2. The average Bonchev–Trinajstić information content (AvgIpc) is 2.94. The van der Waals surface area contributed by atoms with Crippen molar-refractivity contribution in [2.45, 2.75) is 5.60 Å². The van der Waals surface area contributed by atoms with Crippen molar-refractivity contribution in [2.75, 3.05) is 0 Å². The fraction of sp³-hybridized carbons (Fsp3) is 0.0455. The summed E-state index contributed by atoms with van der Waals surface area (Å²) in [6.45, 7) is 0. The van der Waals surface area contributed by atoms with Crippen molar-refractivity contribution in [1.82, 2.24) is 0 Å². The molecule has 5 rings (SSSR count). The second kappa shape index (κ2) is 7.25. The molecule has 6 nitrogen and oxygen atoms in total. The van der Waals surface area contributed by atoms with Gasteiger partial charge in [-0.2, -0.15) is 18.2 Å². The minimum atomic E-state index is -1.28. The van der Waals surface area contributed by atoms with Crippen LogP contribution in [0.5, 0.6) is 17.2 Å². The molecule has 1 unspecified atom stereocenters. The van der Waals surface area contributed by atoms with Crippen LogP contribution in [0, 0.1) is 44.6 Å². The van der Waals surface area contributed by atoms with E-state index < -0.39 is 17.5 Å².